The van der Waals surface area contributed by atoms with Gasteiger partial charge in [0.15, 0.2) is 0 Å². The third-order valence-electron chi connectivity index (χ3n) is 5.81. The van der Waals surface area contributed by atoms with Crippen molar-refractivity contribution in [1.29, 1.82) is 0 Å². The Morgan fingerprint density at radius 1 is 1.00 bits per heavy atom. The number of amides is 1. The number of sulfonamides is 1. The van der Waals surface area contributed by atoms with Crippen LogP contribution in [0.15, 0.2) is 47.4 Å². The molecule has 1 N–H and O–H groups in total. The van der Waals surface area contributed by atoms with E-state index in [2.05, 4.69) is 19.2 Å². The van der Waals surface area contributed by atoms with E-state index in [-0.39, 0.29) is 17.3 Å². The fourth-order valence-corrected chi connectivity index (χ4v) is 4.83. The monoisotopic (exact) mass is 444 g/mol. The molecule has 2 aromatic rings. The molecule has 31 heavy (non-hydrogen) atoms. The van der Waals surface area contributed by atoms with E-state index in [1.165, 1.54) is 4.31 Å². The summed E-state index contributed by atoms with van der Waals surface area (Å²) in [6, 6.07) is 12.2. The summed E-state index contributed by atoms with van der Waals surface area (Å²) in [6.45, 7) is 10.4. The normalized spacial score (nSPS) is 12.4. The van der Waals surface area contributed by atoms with Crippen LogP contribution < -0.4 is 9.62 Å². The maximum absolute atomic E-state index is 13.5. The van der Waals surface area contributed by atoms with E-state index in [1.54, 1.807) is 30.3 Å². The van der Waals surface area contributed by atoms with Gasteiger partial charge in [0.2, 0.25) is 5.91 Å². The van der Waals surface area contributed by atoms with Crippen LogP contribution in [0.5, 0.6) is 0 Å². The number of unbranched alkanes of at least 4 members (excludes halogenated alkanes) is 1. The number of aryl methyl sites for hydroxylation is 3. The van der Waals surface area contributed by atoms with E-state index in [0.717, 1.165) is 42.4 Å². The first kappa shape index (κ1) is 24.9. The molecule has 1 amide bonds. The zero-order valence-corrected chi connectivity index (χ0v) is 20.3. The van der Waals surface area contributed by atoms with Crippen molar-refractivity contribution in [1.82, 2.24) is 5.32 Å². The Balaban J connectivity index is 2.29. The van der Waals surface area contributed by atoms with E-state index >= 15 is 0 Å². The van der Waals surface area contributed by atoms with Gasteiger partial charge in [-0.1, -0.05) is 56.9 Å². The van der Waals surface area contributed by atoms with Gasteiger partial charge in [0.25, 0.3) is 10.0 Å². The zero-order valence-electron chi connectivity index (χ0n) is 19.4. The van der Waals surface area contributed by atoms with E-state index in [0.29, 0.717) is 18.2 Å². The molecule has 0 aromatic heterocycles. The molecule has 0 heterocycles. The number of anilines is 1. The summed E-state index contributed by atoms with van der Waals surface area (Å²) >= 11 is 0. The molecule has 2 rings (SSSR count). The number of carbonyl (C=O) groups excluding carboxylic acids is 1. The minimum absolute atomic E-state index is 0.179. The van der Waals surface area contributed by atoms with Gasteiger partial charge < -0.3 is 5.32 Å². The molecule has 0 bridgehead atoms. The highest BCUT2D eigenvalue weighted by Gasteiger charge is 2.27. The first-order chi connectivity index (χ1) is 14.7. The molecule has 0 fully saturated rings. The highest BCUT2D eigenvalue weighted by molar-refractivity contribution is 7.92. The lowest BCUT2D eigenvalue weighted by Gasteiger charge is -2.25. The topological polar surface area (TPSA) is 66.5 Å². The standard InChI is InChI=1S/C25H36N2O3S/c1-6-8-9-22(7-2)17-26-25(28)18-27(23-13-12-20(4)21(5)16-23)31(29,30)24-14-10-19(3)11-15-24/h10-16,22H,6-9,17-18H2,1-5H3,(H,26,28)/t22-/m0/s1. The number of hydrogen-bond donors (Lipinski definition) is 1. The van der Waals surface area contributed by atoms with Gasteiger partial charge in [-0.2, -0.15) is 0 Å². The van der Waals surface area contributed by atoms with Crippen LogP contribution in [0.4, 0.5) is 5.69 Å². The molecule has 0 saturated carbocycles. The first-order valence-electron chi connectivity index (χ1n) is 11.1. The summed E-state index contributed by atoms with van der Waals surface area (Å²) < 4.78 is 28.1. The fourth-order valence-electron chi connectivity index (χ4n) is 3.42. The maximum Gasteiger partial charge on any atom is 0.264 e. The van der Waals surface area contributed by atoms with Gasteiger partial charge in [0.05, 0.1) is 10.6 Å². The Bertz CT molecular complexity index is 969. The Morgan fingerprint density at radius 2 is 1.68 bits per heavy atom. The van der Waals surface area contributed by atoms with Gasteiger partial charge in [-0.05, 0) is 68.5 Å². The second kappa shape index (κ2) is 11.3. The molecule has 0 aliphatic rings. The van der Waals surface area contributed by atoms with Gasteiger partial charge in [-0.15, -0.1) is 0 Å². The Morgan fingerprint density at radius 3 is 2.26 bits per heavy atom. The summed E-state index contributed by atoms with van der Waals surface area (Å²) in [4.78, 5) is 13.0. The summed E-state index contributed by atoms with van der Waals surface area (Å²) in [7, 11) is -3.88. The third-order valence-corrected chi connectivity index (χ3v) is 7.59. The van der Waals surface area contributed by atoms with Crippen LogP contribution in [0.2, 0.25) is 0 Å². The minimum Gasteiger partial charge on any atom is -0.354 e. The van der Waals surface area contributed by atoms with Crippen molar-refractivity contribution < 1.29 is 13.2 Å². The minimum atomic E-state index is -3.88. The van der Waals surface area contributed by atoms with Crippen LogP contribution in [0.1, 0.15) is 56.2 Å². The van der Waals surface area contributed by atoms with Crippen LogP contribution in [-0.4, -0.2) is 27.4 Å². The van der Waals surface area contributed by atoms with Crippen LogP contribution in [-0.2, 0) is 14.8 Å². The van der Waals surface area contributed by atoms with Crippen molar-refractivity contribution in [2.75, 3.05) is 17.4 Å². The molecule has 0 aliphatic heterocycles. The molecule has 6 heteroatoms. The molecule has 0 aliphatic carbocycles. The number of benzene rings is 2. The SMILES string of the molecule is CCCC[C@H](CC)CNC(=O)CN(c1ccc(C)c(C)c1)S(=O)(=O)c1ccc(C)cc1. The van der Waals surface area contributed by atoms with Crippen molar-refractivity contribution >= 4 is 21.6 Å². The van der Waals surface area contributed by atoms with Crippen LogP contribution >= 0.6 is 0 Å². The third kappa shape index (κ3) is 6.82. The predicted molar refractivity (Wildman–Crippen MR) is 128 cm³/mol. The highest BCUT2D eigenvalue weighted by Crippen LogP contribution is 2.26. The van der Waals surface area contributed by atoms with Crippen molar-refractivity contribution in [3.8, 4) is 0 Å². The van der Waals surface area contributed by atoms with Gasteiger partial charge in [0, 0.05) is 6.54 Å². The summed E-state index contributed by atoms with van der Waals surface area (Å²) in [5.74, 6) is 0.122. The van der Waals surface area contributed by atoms with Crippen LogP contribution in [0.3, 0.4) is 0 Å². The molecular formula is C25H36N2O3S. The number of rotatable bonds is 11. The summed E-state index contributed by atoms with van der Waals surface area (Å²) in [5.41, 5.74) is 3.53. The molecule has 0 saturated heterocycles. The first-order valence-corrected chi connectivity index (χ1v) is 12.6. The van der Waals surface area contributed by atoms with Crippen molar-refractivity contribution in [2.24, 2.45) is 5.92 Å². The molecule has 0 spiro atoms. The second-order valence-electron chi connectivity index (χ2n) is 8.31. The van der Waals surface area contributed by atoms with E-state index in [9.17, 15) is 13.2 Å². The van der Waals surface area contributed by atoms with Crippen LogP contribution in [0.25, 0.3) is 0 Å². The van der Waals surface area contributed by atoms with Gasteiger partial charge in [0.1, 0.15) is 6.54 Å². The second-order valence-corrected chi connectivity index (χ2v) is 10.2. The van der Waals surface area contributed by atoms with Crippen molar-refractivity contribution in [2.45, 2.75) is 65.2 Å². The Hall–Kier alpha value is -2.34. The predicted octanol–water partition coefficient (Wildman–Crippen LogP) is 5.14. The summed E-state index contributed by atoms with van der Waals surface area (Å²) in [6.07, 6.45) is 4.31. The number of nitrogens with one attached hydrogen (secondary N) is 1. The lowest BCUT2D eigenvalue weighted by atomic mass is 9.99. The molecular weight excluding hydrogens is 408 g/mol. The van der Waals surface area contributed by atoms with E-state index in [4.69, 9.17) is 0 Å². The van der Waals surface area contributed by atoms with E-state index in [1.807, 2.05) is 32.9 Å². The van der Waals surface area contributed by atoms with E-state index < -0.39 is 10.0 Å². The summed E-state index contributed by atoms with van der Waals surface area (Å²) in [5, 5.41) is 2.96. The van der Waals surface area contributed by atoms with Crippen LogP contribution in [0, 0.1) is 26.7 Å². The Labute approximate surface area is 187 Å². The number of hydrogen-bond acceptors (Lipinski definition) is 3. The largest absolute Gasteiger partial charge is 0.354 e. The van der Waals surface area contributed by atoms with Gasteiger partial charge in [-0.3, -0.25) is 9.10 Å². The highest BCUT2D eigenvalue weighted by atomic mass is 32.2. The molecule has 0 radical (unpaired) electrons. The molecule has 170 valence electrons. The molecule has 0 unspecified atom stereocenters. The molecule has 1 atom stereocenters. The fraction of sp³-hybridized carbons (Fsp3) is 0.480. The quantitative estimate of drug-likeness (QED) is 0.522. The maximum atomic E-state index is 13.5. The van der Waals surface area contributed by atoms with Crippen molar-refractivity contribution in [3.63, 3.8) is 0 Å². The number of nitrogens with zero attached hydrogens (tertiary/aromatic N) is 1. The van der Waals surface area contributed by atoms with Crippen molar-refractivity contribution in [3.05, 3.63) is 59.2 Å². The lowest BCUT2D eigenvalue weighted by Crippen LogP contribution is -2.42. The smallest absolute Gasteiger partial charge is 0.264 e. The average Bonchev–Trinajstić information content (AvgIpc) is 2.74. The Kier molecular flexibility index (Phi) is 9.11. The molecule has 2 aromatic carbocycles. The van der Waals surface area contributed by atoms with Gasteiger partial charge in [-0.25, -0.2) is 8.42 Å². The number of carbonyl (C=O) groups is 1. The zero-order chi connectivity index (χ0) is 23.0. The molecule has 5 nitrogen and oxygen atoms in total. The average molecular weight is 445 g/mol. The lowest BCUT2D eigenvalue weighted by molar-refractivity contribution is -0.119. The van der Waals surface area contributed by atoms with Gasteiger partial charge >= 0.3 is 0 Å².